The zero-order chi connectivity index (χ0) is 17.9. The molecule has 2 amide bonds. The highest BCUT2D eigenvalue weighted by Gasteiger charge is 2.28. The van der Waals surface area contributed by atoms with Gasteiger partial charge in [-0.2, -0.15) is 0 Å². The van der Waals surface area contributed by atoms with Crippen LogP contribution in [0.3, 0.4) is 0 Å². The fraction of sp³-hybridized carbons (Fsp3) is 0.286. The summed E-state index contributed by atoms with van der Waals surface area (Å²) in [5, 5.41) is 4.56. The number of hydrogen-bond acceptors (Lipinski definition) is 5. The van der Waals surface area contributed by atoms with Gasteiger partial charge in [0.1, 0.15) is 17.5 Å². The van der Waals surface area contributed by atoms with E-state index in [1.807, 2.05) is 0 Å². The zero-order valence-electron chi connectivity index (χ0n) is 13.0. The molecule has 0 aliphatic carbocycles. The summed E-state index contributed by atoms with van der Waals surface area (Å²) >= 11 is 0. The Morgan fingerprint density at radius 3 is 2.38 bits per heavy atom. The van der Waals surface area contributed by atoms with Crippen LogP contribution in [0.25, 0.3) is 11.0 Å². The average molecular weight is 352 g/mol. The molecule has 9 nitrogen and oxygen atoms in total. The van der Waals surface area contributed by atoms with Crippen molar-refractivity contribution in [2.45, 2.75) is 25.7 Å². The number of para-hydroxylation sites is 2. The monoisotopic (exact) mass is 352 g/mol. The molecule has 0 fully saturated rings. The molecule has 128 valence electrons. The Bertz CT molecular complexity index is 822. The summed E-state index contributed by atoms with van der Waals surface area (Å²) in [7, 11) is -4.44. The molecule has 10 heteroatoms. The quantitative estimate of drug-likeness (QED) is 0.570. The number of rotatable bonds is 5. The summed E-state index contributed by atoms with van der Waals surface area (Å²) in [4.78, 5) is 50.2. The van der Waals surface area contributed by atoms with Crippen LogP contribution in [0.15, 0.2) is 30.5 Å². The standard InChI is InChI=1S/C14H17N4O5P/c1-8(13(19)17-9(2)24(21,22)23)16-14(20)12-7-15-10-5-3-4-6-11(10)18-12/h3-9H,1-2H3,(H,16,20)(H,17,19)(H2,21,22,23)/t8-,9?/m0/s1. The van der Waals surface area contributed by atoms with E-state index in [-0.39, 0.29) is 5.69 Å². The molecule has 1 heterocycles. The zero-order valence-corrected chi connectivity index (χ0v) is 13.9. The molecule has 1 aromatic carbocycles. The molecule has 4 N–H and O–H groups in total. The van der Waals surface area contributed by atoms with Crippen LogP contribution in [0.4, 0.5) is 0 Å². The first-order valence-electron chi connectivity index (χ1n) is 7.06. The van der Waals surface area contributed by atoms with Crippen molar-refractivity contribution in [3.63, 3.8) is 0 Å². The van der Waals surface area contributed by atoms with Crippen molar-refractivity contribution in [2.75, 3.05) is 0 Å². The number of aromatic nitrogens is 2. The molecule has 0 spiro atoms. The van der Waals surface area contributed by atoms with E-state index in [4.69, 9.17) is 9.79 Å². The summed E-state index contributed by atoms with van der Waals surface area (Å²) in [6.45, 7) is 2.58. The smallest absolute Gasteiger partial charge is 0.340 e. The lowest BCUT2D eigenvalue weighted by Gasteiger charge is -2.19. The number of nitrogens with one attached hydrogen (secondary N) is 2. The third-order valence-corrected chi connectivity index (χ3v) is 4.42. The van der Waals surface area contributed by atoms with Gasteiger partial charge in [-0.3, -0.25) is 19.1 Å². The van der Waals surface area contributed by atoms with Crippen molar-refractivity contribution in [3.8, 4) is 0 Å². The number of amides is 2. The second-order valence-corrected chi connectivity index (χ2v) is 7.17. The van der Waals surface area contributed by atoms with Gasteiger partial charge in [-0.1, -0.05) is 12.1 Å². The van der Waals surface area contributed by atoms with E-state index in [9.17, 15) is 14.2 Å². The van der Waals surface area contributed by atoms with Crippen LogP contribution in [-0.4, -0.2) is 43.4 Å². The summed E-state index contributed by atoms with van der Waals surface area (Å²) in [5.74, 6) is -2.67. The molecular weight excluding hydrogens is 335 g/mol. The van der Waals surface area contributed by atoms with Crippen molar-refractivity contribution in [1.29, 1.82) is 0 Å². The lowest BCUT2D eigenvalue weighted by Crippen LogP contribution is -2.47. The van der Waals surface area contributed by atoms with Gasteiger partial charge in [0, 0.05) is 0 Å². The van der Waals surface area contributed by atoms with Gasteiger partial charge in [0.15, 0.2) is 0 Å². The van der Waals surface area contributed by atoms with E-state index in [2.05, 4.69) is 20.6 Å². The second-order valence-electron chi connectivity index (χ2n) is 5.21. The molecule has 0 saturated heterocycles. The van der Waals surface area contributed by atoms with Gasteiger partial charge in [-0.25, -0.2) is 4.98 Å². The van der Waals surface area contributed by atoms with Crippen LogP contribution < -0.4 is 10.6 Å². The molecule has 2 aromatic rings. The Morgan fingerprint density at radius 1 is 1.12 bits per heavy atom. The number of benzene rings is 1. The molecule has 1 unspecified atom stereocenters. The fourth-order valence-corrected chi connectivity index (χ4v) is 2.11. The van der Waals surface area contributed by atoms with Gasteiger partial charge in [-0.05, 0) is 26.0 Å². The van der Waals surface area contributed by atoms with Gasteiger partial charge < -0.3 is 20.4 Å². The minimum Gasteiger partial charge on any atom is -0.340 e. The van der Waals surface area contributed by atoms with Gasteiger partial charge in [0.2, 0.25) is 5.91 Å². The van der Waals surface area contributed by atoms with Crippen LogP contribution in [0.1, 0.15) is 24.3 Å². The predicted molar refractivity (Wildman–Crippen MR) is 86.1 cm³/mol. The highest BCUT2D eigenvalue weighted by atomic mass is 31.2. The third-order valence-electron chi connectivity index (χ3n) is 3.28. The number of nitrogens with zero attached hydrogens (tertiary/aromatic N) is 2. The Morgan fingerprint density at radius 2 is 1.75 bits per heavy atom. The number of carbonyl (C=O) groups is 2. The molecular formula is C14H17N4O5P. The molecule has 24 heavy (non-hydrogen) atoms. The number of fused-ring (bicyclic) bond motifs is 1. The molecule has 0 bridgehead atoms. The minimum absolute atomic E-state index is 0.0383. The number of carbonyl (C=O) groups excluding carboxylic acids is 2. The van der Waals surface area contributed by atoms with E-state index < -0.39 is 31.2 Å². The van der Waals surface area contributed by atoms with Crippen LogP contribution in [0.5, 0.6) is 0 Å². The van der Waals surface area contributed by atoms with E-state index >= 15 is 0 Å². The summed E-state index contributed by atoms with van der Waals surface area (Å²) < 4.78 is 11.0. The Balaban J connectivity index is 2.04. The van der Waals surface area contributed by atoms with Crippen LogP contribution in [0.2, 0.25) is 0 Å². The highest BCUT2D eigenvalue weighted by Crippen LogP contribution is 2.39. The molecule has 2 atom stereocenters. The summed E-state index contributed by atoms with van der Waals surface area (Å²) in [6.07, 6.45) is 1.29. The van der Waals surface area contributed by atoms with Crippen LogP contribution in [0, 0.1) is 0 Å². The number of hydrogen-bond donors (Lipinski definition) is 4. The molecule has 0 radical (unpaired) electrons. The van der Waals surface area contributed by atoms with Crippen molar-refractivity contribution in [2.24, 2.45) is 0 Å². The topological polar surface area (TPSA) is 142 Å². The Kier molecular flexibility index (Phi) is 5.28. The Labute approximate surface area is 137 Å². The van der Waals surface area contributed by atoms with Crippen LogP contribution in [-0.2, 0) is 9.36 Å². The maximum Gasteiger partial charge on any atom is 0.347 e. The first-order chi connectivity index (χ1) is 11.2. The van der Waals surface area contributed by atoms with Gasteiger partial charge in [-0.15, -0.1) is 0 Å². The average Bonchev–Trinajstić information content (AvgIpc) is 2.53. The second kappa shape index (κ2) is 7.04. The van der Waals surface area contributed by atoms with Crippen LogP contribution >= 0.6 is 7.60 Å². The first kappa shape index (κ1) is 18.0. The molecule has 1 aromatic heterocycles. The van der Waals surface area contributed by atoms with Crippen molar-refractivity contribution >= 4 is 30.4 Å². The lowest BCUT2D eigenvalue weighted by atomic mass is 10.2. The normalized spacial score (nSPS) is 14.0. The molecule has 0 aliphatic heterocycles. The van der Waals surface area contributed by atoms with E-state index in [1.165, 1.54) is 20.0 Å². The maximum absolute atomic E-state index is 12.1. The first-order valence-corrected chi connectivity index (χ1v) is 8.75. The minimum atomic E-state index is -4.44. The predicted octanol–water partition coefficient (Wildman–Crippen LogP) is 0.388. The van der Waals surface area contributed by atoms with Crippen molar-refractivity contribution in [3.05, 3.63) is 36.2 Å². The van der Waals surface area contributed by atoms with E-state index in [0.29, 0.717) is 11.0 Å². The SMILES string of the molecule is CC(NC(=O)[C@H](C)NC(=O)c1cnc2ccccc2n1)P(=O)(O)O. The maximum atomic E-state index is 12.1. The Hall–Kier alpha value is -2.35. The fourth-order valence-electron chi connectivity index (χ4n) is 1.82. The van der Waals surface area contributed by atoms with Crippen molar-refractivity contribution in [1.82, 2.24) is 20.6 Å². The van der Waals surface area contributed by atoms with Gasteiger partial charge in [0.05, 0.1) is 17.2 Å². The summed E-state index contributed by atoms with van der Waals surface area (Å²) in [5.41, 5.74) is 1.21. The third kappa shape index (κ3) is 4.35. The molecule has 0 saturated carbocycles. The van der Waals surface area contributed by atoms with Gasteiger partial charge >= 0.3 is 7.60 Å². The highest BCUT2D eigenvalue weighted by molar-refractivity contribution is 7.52. The van der Waals surface area contributed by atoms with Gasteiger partial charge in [0.25, 0.3) is 5.91 Å². The van der Waals surface area contributed by atoms with E-state index in [0.717, 1.165) is 0 Å². The summed E-state index contributed by atoms with van der Waals surface area (Å²) in [6, 6.07) is 6.02. The largest absolute Gasteiger partial charge is 0.347 e. The molecule has 2 rings (SSSR count). The van der Waals surface area contributed by atoms with E-state index in [1.54, 1.807) is 24.3 Å². The lowest BCUT2D eigenvalue weighted by molar-refractivity contribution is -0.122. The molecule has 0 aliphatic rings. The van der Waals surface area contributed by atoms with Crippen molar-refractivity contribution < 1.29 is 23.9 Å².